The molecular weight excluding hydrogens is 321 g/mol. The smallest absolute Gasteiger partial charge is 0.433 e. The molecule has 1 unspecified atom stereocenters. The number of esters is 1. The Morgan fingerprint density at radius 3 is 2.73 bits per heavy atom. The first kappa shape index (κ1) is 16.3. The lowest BCUT2D eigenvalue weighted by Gasteiger charge is -2.09. The van der Waals surface area contributed by atoms with Crippen molar-refractivity contribution in [2.45, 2.75) is 23.5 Å². The summed E-state index contributed by atoms with van der Waals surface area (Å²) in [6, 6.07) is 3.79. The van der Waals surface area contributed by atoms with Gasteiger partial charge in [-0.15, -0.1) is 0 Å². The summed E-state index contributed by atoms with van der Waals surface area (Å²) in [6.45, 7) is 1.70. The Labute approximate surface area is 127 Å². The fraction of sp³-hybridized carbons (Fsp3) is 0.308. The Kier molecular flexibility index (Phi) is 4.74. The molecule has 2 aromatic rings. The van der Waals surface area contributed by atoms with Gasteiger partial charge in [-0.3, -0.25) is 0 Å². The molecule has 0 saturated heterocycles. The van der Waals surface area contributed by atoms with Crippen molar-refractivity contribution in [3.8, 4) is 0 Å². The van der Waals surface area contributed by atoms with Crippen molar-refractivity contribution in [2.75, 3.05) is 7.11 Å². The Balaban J connectivity index is 2.13. The van der Waals surface area contributed by atoms with Gasteiger partial charge in [-0.1, -0.05) is 11.8 Å². The zero-order chi connectivity index (χ0) is 16.3. The third kappa shape index (κ3) is 3.79. The second-order valence-corrected chi connectivity index (χ2v) is 5.48. The lowest BCUT2D eigenvalue weighted by atomic mass is 10.3. The maximum Gasteiger partial charge on any atom is 0.433 e. The molecule has 0 aliphatic rings. The van der Waals surface area contributed by atoms with Gasteiger partial charge in [-0.25, -0.2) is 14.8 Å². The van der Waals surface area contributed by atoms with Gasteiger partial charge in [0.15, 0.2) is 5.16 Å². The molecule has 0 spiro atoms. The SMILES string of the molecule is COC(=O)c1ccc(C(C)Sc2nccc(C(F)(F)F)n2)o1. The maximum atomic E-state index is 12.6. The topological polar surface area (TPSA) is 65.2 Å². The fourth-order valence-corrected chi connectivity index (χ4v) is 2.39. The number of halogens is 3. The predicted molar refractivity (Wildman–Crippen MR) is 71.4 cm³/mol. The number of rotatable bonds is 4. The van der Waals surface area contributed by atoms with E-state index in [-0.39, 0.29) is 16.2 Å². The minimum atomic E-state index is -4.52. The molecule has 0 aliphatic carbocycles. The maximum absolute atomic E-state index is 12.6. The molecule has 0 aliphatic heterocycles. The summed E-state index contributed by atoms with van der Waals surface area (Å²) >= 11 is 0.992. The number of hydrogen-bond donors (Lipinski definition) is 0. The highest BCUT2D eigenvalue weighted by Crippen LogP contribution is 2.35. The number of methoxy groups -OCH3 is 1. The quantitative estimate of drug-likeness (QED) is 0.483. The van der Waals surface area contributed by atoms with Crippen LogP contribution in [0.3, 0.4) is 0 Å². The van der Waals surface area contributed by atoms with Crippen molar-refractivity contribution in [2.24, 2.45) is 0 Å². The molecule has 1 atom stereocenters. The lowest BCUT2D eigenvalue weighted by Crippen LogP contribution is -2.09. The minimum Gasteiger partial charge on any atom is -0.463 e. The van der Waals surface area contributed by atoms with Crippen LogP contribution in [-0.2, 0) is 10.9 Å². The number of hydrogen-bond acceptors (Lipinski definition) is 6. The van der Waals surface area contributed by atoms with Crippen LogP contribution in [0.25, 0.3) is 0 Å². The number of ether oxygens (including phenoxy) is 1. The summed E-state index contributed by atoms with van der Waals surface area (Å²) in [5, 5.41) is -0.403. The van der Waals surface area contributed by atoms with Crippen LogP contribution >= 0.6 is 11.8 Å². The second kappa shape index (κ2) is 6.39. The van der Waals surface area contributed by atoms with E-state index < -0.39 is 17.8 Å². The molecule has 9 heteroatoms. The molecule has 0 N–H and O–H groups in total. The molecule has 5 nitrogen and oxygen atoms in total. The van der Waals surface area contributed by atoms with Crippen LogP contribution < -0.4 is 0 Å². The zero-order valence-corrected chi connectivity index (χ0v) is 12.4. The van der Waals surface area contributed by atoms with Crippen molar-refractivity contribution in [3.63, 3.8) is 0 Å². The monoisotopic (exact) mass is 332 g/mol. The molecular formula is C13H11F3N2O3S. The van der Waals surface area contributed by atoms with Crippen molar-refractivity contribution in [1.82, 2.24) is 9.97 Å². The molecule has 118 valence electrons. The molecule has 0 fully saturated rings. The summed E-state index contributed by atoms with van der Waals surface area (Å²) in [7, 11) is 1.22. The number of aromatic nitrogens is 2. The van der Waals surface area contributed by atoms with Gasteiger partial charge in [0.1, 0.15) is 11.5 Å². The molecule has 0 amide bonds. The molecule has 0 radical (unpaired) electrons. The predicted octanol–water partition coefficient (Wildman–Crippen LogP) is 3.73. The van der Waals surface area contributed by atoms with Crippen LogP contribution in [0.2, 0.25) is 0 Å². The standard InChI is InChI=1S/C13H11F3N2O3S/c1-7(8-3-4-9(21-8)11(19)20-2)22-12-17-6-5-10(18-12)13(14,15)16/h3-7H,1-2H3. The van der Waals surface area contributed by atoms with E-state index in [1.165, 1.54) is 13.2 Å². The van der Waals surface area contributed by atoms with Crippen LogP contribution in [-0.4, -0.2) is 23.0 Å². The van der Waals surface area contributed by atoms with Crippen molar-refractivity contribution in [1.29, 1.82) is 0 Å². The number of furan rings is 1. The van der Waals surface area contributed by atoms with Crippen LogP contribution in [0.1, 0.15) is 34.2 Å². The summed E-state index contributed by atoms with van der Waals surface area (Å²) < 4.78 is 47.6. The Hall–Kier alpha value is -2.03. The summed E-state index contributed by atoms with van der Waals surface area (Å²) in [5.41, 5.74) is -1.01. The van der Waals surface area contributed by atoms with Gasteiger partial charge in [0.25, 0.3) is 0 Å². The van der Waals surface area contributed by atoms with Gasteiger partial charge >= 0.3 is 12.1 Å². The first-order valence-corrected chi connectivity index (χ1v) is 6.94. The summed E-state index contributed by atoms with van der Waals surface area (Å²) in [6.07, 6.45) is -3.48. The number of thioether (sulfide) groups is 1. The molecule has 2 rings (SSSR count). The molecule has 0 bridgehead atoms. The van der Waals surface area contributed by atoms with Crippen LogP contribution in [0.15, 0.2) is 34.0 Å². The highest BCUT2D eigenvalue weighted by atomic mass is 32.2. The minimum absolute atomic E-state index is 0.0231. The average Bonchev–Trinajstić information content (AvgIpc) is 2.95. The van der Waals surface area contributed by atoms with Gasteiger partial charge in [0.05, 0.1) is 12.4 Å². The van der Waals surface area contributed by atoms with E-state index in [9.17, 15) is 18.0 Å². The molecule has 22 heavy (non-hydrogen) atoms. The number of nitrogens with zero attached hydrogens (tertiary/aromatic N) is 2. The highest BCUT2D eigenvalue weighted by Gasteiger charge is 2.33. The molecule has 0 aromatic carbocycles. The van der Waals surface area contributed by atoms with E-state index >= 15 is 0 Å². The third-order valence-electron chi connectivity index (χ3n) is 2.62. The van der Waals surface area contributed by atoms with Gasteiger partial charge < -0.3 is 9.15 Å². The van der Waals surface area contributed by atoms with Crippen molar-refractivity contribution < 1.29 is 27.1 Å². The van der Waals surface area contributed by atoms with Crippen LogP contribution in [0.4, 0.5) is 13.2 Å². The van der Waals surface area contributed by atoms with Crippen molar-refractivity contribution >= 4 is 17.7 Å². The van der Waals surface area contributed by atoms with Gasteiger partial charge in [0, 0.05) is 6.20 Å². The number of carbonyl (C=O) groups is 1. The zero-order valence-electron chi connectivity index (χ0n) is 11.5. The van der Waals surface area contributed by atoms with E-state index in [1.54, 1.807) is 13.0 Å². The normalized spacial score (nSPS) is 13.0. The number of alkyl halides is 3. The van der Waals surface area contributed by atoms with E-state index in [0.717, 1.165) is 24.0 Å². The second-order valence-electron chi connectivity index (χ2n) is 4.18. The van der Waals surface area contributed by atoms with Crippen LogP contribution in [0, 0.1) is 0 Å². The summed E-state index contributed by atoms with van der Waals surface area (Å²) in [5.74, 6) is -0.194. The summed E-state index contributed by atoms with van der Waals surface area (Å²) in [4.78, 5) is 18.5. The molecule has 2 heterocycles. The van der Waals surface area contributed by atoms with Crippen molar-refractivity contribution in [3.05, 3.63) is 41.6 Å². The van der Waals surface area contributed by atoms with Gasteiger partial charge in [-0.2, -0.15) is 13.2 Å². The molecule has 2 aromatic heterocycles. The van der Waals surface area contributed by atoms with Gasteiger partial charge in [-0.05, 0) is 25.1 Å². The highest BCUT2D eigenvalue weighted by molar-refractivity contribution is 7.99. The largest absolute Gasteiger partial charge is 0.463 e. The Bertz CT molecular complexity index is 673. The third-order valence-corrected chi connectivity index (χ3v) is 3.61. The fourth-order valence-electron chi connectivity index (χ4n) is 1.55. The Morgan fingerprint density at radius 1 is 1.36 bits per heavy atom. The van der Waals surface area contributed by atoms with Crippen LogP contribution in [0.5, 0.6) is 0 Å². The average molecular weight is 332 g/mol. The molecule has 0 saturated carbocycles. The van der Waals surface area contributed by atoms with E-state index in [1.807, 2.05) is 0 Å². The Morgan fingerprint density at radius 2 is 2.09 bits per heavy atom. The van der Waals surface area contributed by atoms with Gasteiger partial charge in [0.2, 0.25) is 5.76 Å². The first-order chi connectivity index (χ1) is 10.3. The van der Waals surface area contributed by atoms with E-state index in [0.29, 0.717) is 5.76 Å². The van der Waals surface area contributed by atoms with E-state index in [4.69, 9.17) is 4.42 Å². The van der Waals surface area contributed by atoms with E-state index in [2.05, 4.69) is 14.7 Å². The number of carbonyl (C=O) groups excluding carboxylic acids is 1. The lowest BCUT2D eigenvalue weighted by molar-refractivity contribution is -0.141. The first-order valence-electron chi connectivity index (χ1n) is 6.06.